The zero-order valence-corrected chi connectivity index (χ0v) is 20.6. The van der Waals surface area contributed by atoms with E-state index in [1.165, 1.54) is 12.0 Å². The Kier molecular flexibility index (Phi) is 6.60. The largest absolute Gasteiger partial charge is 0.497 e. The number of carbonyl (C=O) groups excluding carboxylic acids is 3. The first-order chi connectivity index (χ1) is 18.0. The van der Waals surface area contributed by atoms with Gasteiger partial charge in [0.2, 0.25) is 0 Å². The van der Waals surface area contributed by atoms with E-state index in [9.17, 15) is 14.4 Å². The second-order valence-electron chi connectivity index (χ2n) is 8.68. The van der Waals surface area contributed by atoms with E-state index in [1.54, 1.807) is 72.7 Å². The lowest BCUT2D eigenvalue weighted by molar-refractivity contribution is 0.0610. The molecule has 0 atom stereocenters. The highest BCUT2D eigenvalue weighted by Crippen LogP contribution is 2.30. The monoisotopic (exact) mass is 494 g/mol. The molecule has 0 aromatic heterocycles. The molecule has 0 radical (unpaired) electrons. The third kappa shape index (κ3) is 4.40. The maximum atomic E-state index is 13.6. The van der Waals surface area contributed by atoms with E-state index < -0.39 is 0 Å². The first kappa shape index (κ1) is 24.1. The van der Waals surface area contributed by atoms with Gasteiger partial charge in [0.1, 0.15) is 11.5 Å². The molecule has 0 spiro atoms. The predicted octanol–water partition coefficient (Wildman–Crippen LogP) is 5.19. The van der Waals surface area contributed by atoms with Gasteiger partial charge in [-0.1, -0.05) is 36.4 Å². The minimum Gasteiger partial charge on any atom is -0.497 e. The highest BCUT2D eigenvalue weighted by Gasteiger charge is 2.32. The van der Waals surface area contributed by atoms with Crippen LogP contribution in [0, 0.1) is 0 Å². The maximum Gasteiger partial charge on any atom is 0.262 e. The number of amides is 3. The number of methoxy groups -OCH3 is 2. The van der Waals surface area contributed by atoms with Crippen molar-refractivity contribution in [2.75, 3.05) is 32.2 Å². The van der Waals surface area contributed by atoms with Crippen molar-refractivity contribution in [3.05, 3.63) is 102 Å². The number of carbonyl (C=O) groups is 3. The number of hydrogen-bond donors (Lipinski definition) is 0. The van der Waals surface area contributed by atoms with Crippen LogP contribution in [-0.4, -0.2) is 49.9 Å². The lowest BCUT2D eigenvalue weighted by Gasteiger charge is -2.29. The van der Waals surface area contributed by atoms with Gasteiger partial charge >= 0.3 is 0 Å². The Hall–Kier alpha value is -4.65. The smallest absolute Gasteiger partial charge is 0.262 e. The molecule has 4 aromatic rings. The summed E-state index contributed by atoms with van der Waals surface area (Å²) in [5, 5.41) is 1.56. The Morgan fingerprint density at radius 1 is 0.784 bits per heavy atom. The van der Waals surface area contributed by atoms with Gasteiger partial charge in [0.15, 0.2) is 0 Å². The van der Waals surface area contributed by atoms with Crippen LogP contribution >= 0.6 is 0 Å². The summed E-state index contributed by atoms with van der Waals surface area (Å²) in [7, 11) is 3.11. The molecular formula is C30H26N2O5. The summed E-state index contributed by atoms with van der Waals surface area (Å²) < 4.78 is 10.7. The van der Waals surface area contributed by atoms with Crippen LogP contribution in [-0.2, 0) is 0 Å². The molecule has 5 rings (SSSR count). The van der Waals surface area contributed by atoms with Crippen LogP contribution in [0.4, 0.5) is 5.69 Å². The summed E-state index contributed by atoms with van der Waals surface area (Å²) in [6, 6.07) is 25.2. The number of rotatable bonds is 8. The minimum absolute atomic E-state index is 0.175. The van der Waals surface area contributed by atoms with E-state index in [0.717, 1.165) is 5.39 Å². The van der Waals surface area contributed by atoms with E-state index in [4.69, 9.17) is 9.47 Å². The van der Waals surface area contributed by atoms with E-state index >= 15 is 0 Å². The van der Waals surface area contributed by atoms with Crippen LogP contribution in [0.15, 0.2) is 84.9 Å². The second kappa shape index (κ2) is 10.1. The van der Waals surface area contributed by atoms with Gasteiger partial charge in [0.25, 0.3) is 17.7 Å². The fraction of sp³-hybridized carbons (Fsp3) is 0.167. The molecule has 37 heavy (non-hydrogen) atoms. The van der Waals surface area contributed by atoms with Crippen LogP contribution < -0.4 is 14.4 Å². The lowest BCUT2D eigenvalue weighted by Crippen LogP contribution is -2.42. The van der Waals surface area contributed by atoms with E-state index in [1.807, 2.05) is 24.3 Å². The quantitative estimate of drug-likeness (QED) is 0.315. The van der Waals surface area contributed by atoms with Crippen LogP contribution in [0.5, 0.6) is 11.5 Å². The first-order valence-corrected chi connectivity index (χ1v) is 12.0. The molecule has 0 saturated heterocycles. The molecule has 0 fully saturated rings. The predicted molar refractivity (Wildman–Crippen MR) is 142 cm³/mol. The van der Waals surface area contributed by atoms with E-state index in [2.05, 4.69) is 0 Å². The van der Waals surface area contributed by atoms with Gasteiger partial charge in [-0.2, -0.15) is 0 Å². The van der Waals surface area contributed by atoms with Crippen molar-refractivity contribution in [1.82, 2.24) is 4.90 Å². The van der Waals surface area contributed by atoms with Crippen LogP contribution in [0.3, 0.4) is 0 Å². The Morgan fingerprint density at radius 3 is 2.05 bits per heavy atom. The van der Waals surface area contributed by atoms with Crippen molar-refractivity contribution in [3.63, 3.8) is 0 Å². The topological polar surface area (TPSA) is 76.2 Å². The van der Waals surface area contributed by atoms with Crippen molar-refractivity contribution >= 4 is 34.2 Å². The SMILES string of the molecule is COc1ccc(N(CCCN2C(=O)c3cccc4cccc(c34)C2=O)C(=O)c2ccccc2OC)cc1. The van der Waals surface area contributed by atoms with Gasteiger partial charge in [-0.15, -0.1) is 0 Å². The van der Waals surface area contributed by atoms with E-state index in [0.29, 0.717) is 45.7 Å². The average Bonchev–Trinajstić information content (AvgIpc) is 2.95. The van der Waals surface area contributed by atoms with Crippen molar-refractivity contribution in [1.29, 1.82) is 0 Å². The number of hydrogen-bond acceptors (Lipinski definition) is 5. The maximum absolute atomic E-state index is 13.6. The average molecular weight is 495 g/mol. The Bertz CT molecular complexity index is 1450. The fourth-order valence-corrected chi connectivity index (χ4v) is 4.75. The number of imide groups is 1. The zero-order valence-electron chi connectivity index (χ0n) is 20.6. The Labute approximate surface area is 214 Å². The zero-order chi connectivity index (χ0) is 25.9. The molecule has 1 heterocycles. The molecule has 186 valence electrons. The van der Waals surface area contributed by atoms with Crippen molar-refractivity contribution < 1.29 is 23.9 Å². The molecule has 0 bridgehead atoms. The van der Waals surface area contributed by atoms with Gasteiger partial charge < -0.3 is 14.4 Å². The molecule has 4 aromatic carbocycles. The highest BCUT2D eigenvalue weighted by molar-refractivity contribution is 6.25. The van der Waals surface area contributed by atoms with Crippen molar-refractivity contribution in [2.24, 2.45) is 0 Å². The molecule has 0 unspecified atom stereocenters. The van der Waals surface area contributed by atoms with Gasteiger partial charge in [-0.25, -0.2) is 0 Å². The first-order valence-electron chi connectivity index (χ1n) is 12.0. The molecule has 0 aliphatic carbocycles. The third-order valence-electron chi connectivity index (χ3n) is 6.59. The minimum atomic E-state index is -0.318. The number of ether oxygens (including phenoxy) is 2. The highest BCUT2D eigenvalue weighted by atomic mass is 16.5. The second-order valence-corrected chi connectivity index (χ2v) is 8.68. The molecular weight excluding hydrogens is 468 g/mol. The van der Waals surface area contributed by atoms with E-state index in [-0.39, 0.29) is 30.8 Å². The Morgan fingerprint density at radius 2 is 1.43 bits per heavy atom. The number of nitrogens with zero attached hydrogens (tertiary/aromatic N) is 2. The van der Waals surface area contributed by atoms with Gasteiger partial charge in [0.05, 0.1) is 19.8 Å². The number of para-hydroxylation sites is 1. The molecule has 7 nitrogen and oxygen atoms in total. The van der Waals surface area contributed by atoms with Gasteiger partial charge in [-0.3, -0.25) is 19.3 Å². The molecule has 3 amide bonds. The summed E-state index contributed by atoms with van der Waals surface area (Å²) in [6.07, 6.45) is 0.391. The summed E-state index contributed by atoms with van der Waals surface area (Å²) in [5.74, 6) is 0.264. The molecule has 0 N–H and O–H groups in total. The summed E-state index contributed by atoms with van der Waals surface area (Å²) in [4.78, 5) is 43.1. The fourth-order valence-electron chi connectivity index (χ4n) is 4.75. The Balaban J connectivity index is 1.40. The number of benzene rings is 4. The third-order valence-corrected chi connectivity index (χ3v) is 6.59. The van der Waals surface area contributed by atoms with Crippen LogP contribution in [0.25, 0.3) is 10.8 Å². The standard InChI is InChI=1S/C30H26N2O5/c1-36-22-16-14-21(15-17-22)31(28(33)23-10-3-4-13-26(23)37-2)18-7-19-32-29(34)24-11-5-8-20-9-6-12-25(27(20)24)30(32)35/h3-6,8-17H,7,18-19H2,1-2H3. The van der Waals surface area contributed by atoms with Gasteiger partial charge in [-0.05, 0) is 60.3 Å². The molecule has 0 saturated carbocycles. The lowest BCUT2D eigenvalue weighted by atomic mass is 9.94. The number of anilines is 1. The molecule has 1 aliphatic rings. The van der Waals surface area contributed by atoms with Crippen LogP contribution in [0.1, 0.15) is 37.5 Å². The molecule has 1 aliphatic heterocycles. The summed E-state index contributed by atoms with van der Waals surface area (Å²) in [6.45, 7) is 0.459. The summed E-state index contributed by atoms with van der Waals surface area (Å²) >= 11 is 0. The molecule has 7 heteroatoms. The van der Waals surface area contributed by atoms with Gasteiger partial charge in [0, 0.05) is 35.3 Å². The normalized spacial score (nSPS) is 12.5. The van der Waals surface area contributed by atoms with Crippen molar-refractivity contribution in [2.45, 2.75) is 6.42 Å². The van der Waals surface area contributed by atoms with Crippen molar-refractivity contribution in [3.8, 4) is 11.5 Å². The summed E-state index contributed by atoms with van der Waals surface area (Å²) in [5.41, 5.74) is 2.13. The van der Waals surface area contributed by atoms with Crippen LogP contribution in [0.2, 0.25) is 0 Å².